The lowest BCUT2D eigenvalue weighted by atomic mass is 9.84. The first-order valence-electron chi connectivity index (χ1n) is 12.9. The molecule has 0 aliphatic heterocycles. The number of amides is 1. The zero-order valence-corrected chi connectivity index (χ0v) is 23.9. The van der Waals surface area contributed by atoms with Gasteiger partial charge in [-0.15, -0.1) is 0 Å². The smallest absolute Gasteiger partial charge is 0.330 e. The molecule has 0 bridgehead atoms. The quantitative estimate of drug-likeness (QED) is 0.147. The fraction of sp³-hybridized carbons (Fsp3) is 0.519. The maximum absolute atomic E-state index is 13.3. The van der Waals surface area contributed by atoms with Crippen LogP contribution in [0.2, 0.25) is 0 Å². The lowest BCUT2D eigenvalue weighted by molar-refractivity contribution is -0.139. The van der Waals surface area contributed by atoms with Gasteiger partial charge in [-0.3, -0.25) is 19.2 Å². The summed E-state index contributed by atoms with van der Waals surface area (Å²) in [6.07, 6.45) is 0.851. The highest BCUT2D eigenvalue weighted by molar-refractivity contribution is 7.89. The summed E-state index contributed by atoms with van der Waals surface area (Å²) in [4.78, 5) is 60.6. The number of benzene rings is 1. The summed E-state index contributed by atoms with van der Waals surface area (Å²) in [6.45, 7) is 6.97. The van der Waals surface area contributed by atoms with Crippen LogP contribution in [0.1, 0.15) is 58.4 Å². The summed E-state index contributed by atoms with van der Waals surface area (Å²) in [7, 11) is -4.19. The average molecular weight is 583 g/mol. The van der Waals surface area contributed by atoms with Gasteiger partial charge in [0.25, 0.3) is 0 Å². The molecule has 0 aromatic heterocycles. The van der Waals surface area contributed by atoms with Crippen molar-refractivity contribution in [1.29, 1.82) is 0 Å². The first-order valence-corrected chi connectivity index (χ1v) is 14.4. The molecule has 0 saturated heterocycles. The van der Waals surface area contributed by atoms with Crippen molar-refractivity contribution in [3.05, 3.63) is 42.0 Å². The van der Waals surface area contributed by atoms with Crippen LogP contribution in [0, 0.1) is 18.8 Å². The highest BCUT2D eigenvalue weighted by Gasteiger charge is 2.33. The Morgan fingerprint density at radius 2 is 1.62 bits per heavy atom. The van der Waals surface area contributed by atoms with Crippen molar-refractivity contribution < 1.29 is 47.3 Å². The number of nitrogens with one attached hydrogen (secondary N) is 2. The predicted octanol–water partition coefficient (Wildman–Crippen LogP) is 2.21. The molecule has 1 rings (SSSR count). The van der Waals surface area contributed by atoms with Gasteiger partial charge in [-0.2, -0.15) is 0 Å². The number of ketones is 1. The second-order valence-corrected chi connectivity index (χ2v) is 11.1. The van der Waals surface area contributed by atoms with Crippen LogP contribution in [0.15, 0.2) is 41.3 Å². The molecular weight excluding hydrogens is 544 g/mol. The van der Waals surface area contributed by atoms with Crippen molar-refractivity contribution in [2.24, 2.45) is 11.8 Å². The van der Waals surface area contributed by atoms with Crippen LogP contribution in [0.5, 0.6) is 0 Å². The third-order valence-electron chi connectivity index (χ3n) is 6.23. The van der Waals surface area contributed by atoms with E-state index in [9.17, 15) is 37.5 Å². The zero-order valence-electron chi connectivity index (χ0n) is 23.1. The molecule has 0 radical (unpaired) electrons. The number of carbonyl (C=O) groups is 5. The van der Waals surface area contributed by atoms with Gasteiger partial charge in [0.05, 0.1) is 30.0 Å². The molecule has 222 valence electrons. The van der Waals surface area contributed by atoms with Gasteiger partial charge in [0.1, 0.15) is 0 Å². The van der Waals surface area contributed by atoms with Crippen LogP contribution in [-0.4, -0.2) is 66.9 Å². The minimum absolute atomic E-state index is 0.104. The average Bonchev–Trinajstić information content (AvgIpc) is 2.87. The molecule has 13 heteroatoms. The zero-order chi connectivity index (χ0) is 30.5. The number of ether oxygens (including phenoxy) is 1. The Morgan fingerprint density at radius 3 is 2.15 bits per heavy atom. The fourth-order valence-electron chi connectivity index (χ4n) is 3.75. The molecule has 1 unspecified atom stereocenters. The second-order valence-electron chi connectivity index (χ2n) is 9.41. The molecule has 0 spiro atoms. The Morgan fingerprint density at radius 1 is 1.00 bits per heavy atom. The molecule has 0 heterocycles. The lowest BCUT2D eigenvalue weighted by Crippen LogP contribution is -2.45. The van der Waals surface area contributed by atoms with Gasteiger partial charge < -0.3 is 20.3 Å². The van der Waals surface area contributed by atoms with Crippen LogP contribution < -0.4 is 10.0 Å². The predicted molar refractivity (Wildman–Crippen MR) is 145 cm³/mol. The van der Waals surface area contributed by atoms with Crippen molar-refractivity contribution in [3.8, 4) is 0 Å². The third-order valence-corrected chi connectivity index (χ3v) is 7.71. The van der Waals surface area contributed by atoms with Crippen molar-refractivity contribution in [1.82, 2.24) is 10.0 Å². The number of carboxylic acids is 2. The molecular formula is C27H38N2O10S. The van der Waals surface area contributed by atoms with Gasteiger partial charge in [-0.25, -0.2) is 17.9 Å². The minimum atomic E-state index is -4.19. The lowest BCUT2D eigenvalue weighted by Gasteiger charge is -2.26. The first-order chi connectivity index (χ1) is 18.7. The highest BCUT2D eigenvalue weighted by Crippen LogP contribution is 2.23. The Labute approximate surface area is 234 Å². The number of sulfonamides is 1. The van der Waals surface area contributed by atoms with Crippen molar-refractivity contribution in [2.75, 3.05) is 6.61 Å². The molecule has 1 aromatic rings. The summed E-state index contributed by atoms with van der Waals surface area (Å²) in [5.41, 5.74) is 0.818. The van der Waals surface area contributed by atoms with E-state index in [0.29, 0.717) is 6.42 Å². The summed E-state index contributed by atoms with van der Waals surface area (Å²) >= 11 is 0. The maximum Gasteiger partial charge on any atom is 0.330 e. The van der Waals surface area contributed by atoms with E-state index in [2.05, 4.69) is 10.0 Å². The van der Waals surface area contributed by atoms with Gasteiger partial charge >= 0.3 is 17.9 Å². The molecule has 4 atom stereocenters. The second kappa shape index (κ2) is 16.5. The number of aryl methyl sites for hydroxylation is 1. The highest BCUT2D eigenvalue weighted by atomic mass is 32.2. The summed E-state index contributed by atoms with van der Waals surface area (Å²) < 4.78 is 32.9. The van der Waals surface area contributed by atoms with E-state index < -0.39 is 76.9 Å². The van der Waals surface area contributed by atoms with Gasteiger partial charge in [0, 0.05) is 24.8 Å². The van der Waals surface area contributed by atoms with Crippen molar-refractivity contribution in [3.63, 3.8) is 0 Å². The summed E-state index contributed by atoms with van der Waals surface area (Å²) in [5.74, 6) is -5.90. The largest absolute Gasteiger partial charge is 0.481 e. The molecule has 1 amide bonds. The number of esters is 1. The fourth-order valence-corrected chi connectivity index (χ4v) is 5.01. The van der Waals surface area contributed by atoms with Crippen molar-refractivity contribution in [2.45, 2.75) is 76.8 Å². The Hall–Kier alpha value is -3.58. The molecule has 4 N–H and O–H groups in total. The normalized spacial score (nSPS) is 14.6. The van der Waals surface area contributed by atoms with E-state index in [1.54, 1.807) is 39.8 Å². The third kappa shape index (κ3) is 12.1. The Balaban J connectivity index is 3.20. The van der Waals surface area contributed by atoms with E-state index in [1.165, 1.54) is 18.2 Å². The summed E-state index contributed by atoms with van der Waals surface area (Å²) in [5, 5.41) is 20.9. The Bertz CT molecular complexity index is 1180. The van der Waals surface area contributed by atoms with Crippen LogP contribution in [0.4, 0.5) is 0 Å². The number of hydrogen-bond donors (Lipinski definition) is 4. The molecule has 40 heavy (non-hydrogen) atoms. The molecule has 0 aliphatic rings. The topological polar surface area (TPSA) is 193 Å². The Kier molecular flexibility index (Phi) is 14.2. The maximum atomic E-state index is 13.3. The minimum Gasteiger partial charge on any atom is -0.481 e. The van der Waals surface area contributed by atoms with Gasteiger partial charge in [-0.05, 0) is 38.3 Å². The van der Waals surface area contributed by atoms with E-state index in [1.807, 2.05) is 0 Å². The number of Topliss-reactive ketones (excluding diaryl/α,β-unsaturated/α-hetero) is 1. The molecule has 1 aromatic carbocycles. The SMILES string of the molecule is CCOC(=O)/C=C/[C@H](CC(=O)O)NC(=O)[C@H](CC(=O)[C@H](CCC(=O)O)NS(=O)(=O)c1ccc(C)cc1)C(C)CC. The molecule has 0 aliphatic carbocycles. The van der Waals surface area contributed by atoms with Crippen LogP contribution in [0.3, 0.4) is 0 Å². The summed E-state index contributed by atoms with van der Waals surface area (Å²) in [6, 6.07) is 3.38. The van der Waals surface area contributed by atoms with Gasteiger partial charge in [0.15, 0.2) is 5.78 Å². The number of carbonyl (C=O) groups excluding carboxylic acids is 3. The van der Waals surface area contributed by atoms with Gasteiger partial charge in [-0.1, -0.05) is 44.0 Å². The monoisotopic (exact) mass is 582 g/mol. The van der Waals surface area contributed by atoms with E-state index in [0.717, 1.165) is 11.6 Å². The molecule has 0 saturated carbocycles. The van der Waals surface area contributed by atoms with Crippen molar-refractivity contribution >= 4 is 39.6 Å². The number of aliphatic carboxylic acids is 2. The van der Waals surface area contributed by atoms with Gasteiger partial charge in [0.2, 0.25) is 15.9 Å². The number of carboxylic acid groups (broad SMARTS) is 2. The molecule has 12 nitrogen and oxygen atoms in total. The van der Waals surface area contributed by atoms with Crippen LogP contribution >= 0.6 is 0 Å². The van der Waals surface area contributed by atoms with Crippen LogP contribution in [0.25, 0.3) is 0 Å². The standard InChI is InChI=1S/C27H38N2O10S/c1-5-18(4)21(27(36)28-19(15-25(33)34)9-14-26(35)39-6-2)16-23(30)22(12-13-24(31)32)29-40(37,38)20-10-7-17(3)8-11-20/h7-11,14,18-19,21-22,29H,5-6,12-13,15-16H2,1-4H3,(H,28,36)(H,31,32)(H,33,34)/b14-9+/t18?,19-,21-,22+/m1/s1. The first kappa shape index (κ1) is 34.4. The molecule has 0 fully saturated rings. The van der Waals surface area contributed by atoms with E-state index >= 15 is 0 Å². The van der Waals surface area contributed by atoms with Crippen LogP contribution in [-0.2, 0) is 38.7 Å². The van der Waals surface area contributed by atoms with E-state index in [4.69, 9.17) is 9.84 Å². The number of rotatable bonds is 18. The number of hydrogen-bond acceptors (Lipinski definition) is 8. The van der Waals surface area contributed by atoms with E-state index in [-0.39, 0.29) is 23.8 Å².